The predicted molar refractivity (Wildman–Crippen MR) is 59.6 cm³/mol. The molecule has 9 heteroatoms. The molecule has 0 aliphatic heterocycles. The van der Waals surface area contributed by atoms with Crippen molar-refractivity contribution in [2.24, 2.45) is 0 Å². The summed E-state index contributed by atoms with van der Waals surface area (Å²) >= 11 is 5.50. The Morgan fingerprint density at radius 1 is 1.11 bits per heavy atom. The van der Waals surface area contributed by atoms with E-state index in [2.05, 4.69) is 15.0 Å². The van der Waals surface area contributed by atoms with E-state index in [9.17, 15) is 17.6 Å². The average molecular weight is 293 g/mol. The zero-order valence-electron chi connectivity index (χ0n) is 9.04. The molecule has 0 saturated heterocycles. The molecule has 2 aromatic rings. The quantitative estimate of drug-likeness (QED) is 0.821. The lowest BCUT2D eigenvalue weighted by atomic mass is 10.1. The molecule has 1 aromatic carbocycles. The van der Waals surface area contributed by atoms with Gasteiger partial charge < -0.3 is 5.73 Å². The number of rotatable bonds is 1. The highest BCUT2D eigenvalue weighted by atomic mass is 35.5. The van der Waals surface area contributed by atoms with Crippen molar-refractivity contribution in [3.8, 4) is 11.4 Å². The van der Waals surface area contributed by atoms with Crippen LogP contribution in [-0.2, 0) is 6.18 Å². The van der Waals surface area contributed by atoms with Gasteiger partial charge in [-0.2, -0.15) is 28.1 Å². The summed E-state index contributed by atoms with van der Waals surface area (Å²) in [5.41, 5.74) is 3.80. The maximum absolute atomic E-state index is 13.6. The van der Waals surface area contributed by atoms with Crippen molar-refractivity contribution in [1.29, 1.82) is 0 Å². The highest BCUT2D eigenvalue weighted by Gasteiger charge is 2.31. The average Bonchev–Trinajstić information content (AvgIpc) is 2.26. The topological polar surface area (TPSA) is 64.7 Å². The zero-order valence-corrected chi connectivity index (χ0v) is 9.80. The number of nitrogens with two attached hydrogens (primary N) is 1. The number of halogens is 5. The first kappa shape index (κ1) is 13.5. The number of aromatic nitrogens is 3. The van der Waals surface area contributed by atoms with Crippen LogP contribution in [0.4, 0.5) is 23.5 Å². The van der Waals surface area contributed by atoms with Gasteiger partial charge in [0.25, 0.3) is 0 Å². The molecule has 100 valence electrons. The van der Waals surface area contributed by atoms with E-state index in [0.29, 0.717) is 18.2 Å². The molecule has 0 unspecified atom stereocenters. The van der Waals surface area contributed by atoms with Crippen LogP contribution in [0.3, 0.4) is 0 Å². The number of alkyl halides is 3. The first-order valence-electron chi connectivity index (χ1n) is 4.81. The third-order valence-corrected chi connectivity index (χ3v) is 2.33. The Balaban J connectivity index is 2.61. The fourth-order valence-corrected chi connectivity index (χ4v) is 1.53. The zero-order chi connectivity index (χ0) is 14.2. The lowest BCUT2D eigenvalue weighted by Crippen LogP contribution is -2.07. The van der Waals surface area contributed by atoms with Crippen molar-refractivity contribution in [1.82, 2.24) is 15.0 Å². The SMILES string of the molecule is Nc1nc(Cl)nc(-c2cc(C(F)(F)F)ccc2F)n1. The van der Waals surface area contributed by atoms with Gasteiger partial charge in [-0.25, -0.2) is 4.39 Å². The van der Waals surface area contributed by atoms with Gasteiger partial charge in [0.1, 0.15) is 5.82 Å². The minimum Gasteiger partial charge on any atom is -0.368 e. The molecular weight excluding hydrogens is 288 g/mol. The van der Waals surface area contributed by atoms with Crippen molar-refractivity contribution in [3.05, 3.63) is 34.9 Å². The first-order valence-corrected chi connectivity index (χ1v) is 5.19. The molecule has 2 rings (SSSR count). The summed E-state index contributed by atoms with van der Waals surface area (Å²) in [5, 5.41) is -0.334. The predicted octanol–water partition coefficient (Wildman–Crippen LogP) is 2.93. The second-order valence-electron chi connectivity index (χ2n) is 3.48. The van der Waals surface area contributed by atoms with Gasteiger partial charge in [-0.15, -0.1) is 0 Å². The molecule has 19 heavy (non-hydrogen) atoms. The number of nitrogens with zero attached hydrogens (tertiary/aromatic N) is 3. The molecule has 0 aliphatic carbocycles. The highest BCUT2D eigenvalue weighted by Crippen LogP contribution is 2.32. The number of anilines is 1. The van der Waals surface area contributed by atoms with Gasteiger partial charge >= 0.3 is 6.18 Å². The molecule has 1 aromatic heterocycles. The lowest BCUT2D eigenvalue weighted by molar-refractivity contribution is -0.137. The number of hydrogen-bond acceptors (Lipinski definition) is 4. The van der Waals surface area contributed by atoms with E-state index >= 15 is 0 Å². The Morgan fingerprint density at radius 3 is 2.37 bits per heavy atom. The van der Waals surface area contributed by atoms with Crippen molar-refractivity contribution < 1.29 is 17.6 Å². The third-order valence-electron chi connectivity index (χ3n) is 2.16. The summed E-state index contributed by atoms with van der Waals surface area (Å²) in [4.78, 5) is 10.5. The molecule has 0 aliphatic rings. The van der Waals surface area contributed by atoms with Crippen LogP contribution in [0.25, 0.3) is 11.4 Å². The van der Waals surface area contributed by atoms with E-state index in [1.807, 2.05) is 0 Å². The van der Waals surface area contributed by atoms with Crippen molar-refractivity contribution in [3.63, 3.8) is 0 Å². The summed E-state index contributed by atoms with van der Waals surface area (Å²) in [6, 6.07) is 1.87. The summed E-state index contributed by atoms with van der Waals surface area (Å²) in [6.45, 7) is 0. The Morgan fingerprint density at radius 2 is 1.79 bits per heavy atom. The Hall–Kier alpha value is -1.96. The van der Waals surface area contributed by atoms with Gasteiger partial charge in [0.05, 0.1) is 11.1 Å². The fraction of sp³-hybridized carbons (Fsp3) is 0.100. The number of benzene rings is 1. The molecule has 4 nitrogen and oxygen atoms in total. The van der Waals surface area contributed by atoms with Crippen LogP contribution in [0.5, 0.6) is 0 Å². The maximum Gasteiger partial charge on any atom is 0.416 e. The standard InChI is InChI=1S/C10H5ClF4N4/c11-8-17-7(18-9(16)19-8)5-3-4(10(13,14)15)1-2-6(5)12/h1-3H,(H2,16,17,18,19). The van der Waals surface area contributed by atoms with E-state index in [4.69, 9.17) is 17.3 Å². The van der Waals surface area contributed by atoms with Crippen LogP contribution in [-0.4, -0.2) is 15.0 Å². The van der Waals surface area contributed by atoms with Crippen LogP contribution in [0.15, 0.2) is 18.2 Å². The largest absolute Gasteiger partial charge is 0.416 e. The van der Waals surface area contributed by atoms with Gasteiger partial charge in [0.2, 0.25) is 11.2 Å². The first-order chi connectivity index (χ1) is 8.77. The third kappa shape index (κ3) is 2.90. The van der Waals surface area contributed by atoms with E-state index in [1.165, 1.54) is 0 Å². The van der Waals surface area contributed by atoms with Crippen molar-refractivity contribution in [2.45, 2.75) is 6.18 Å². The smallest absolute Gasteiger partial charge is 0.368 e. The molecule has 1 heterocycles. The molecule has 0 atom stereocenters. The molecule has 0 spiro atoms. The van der Waals surface area contributed by atoms with Gasteiger partial charge in [0, 0.05) is 0 Å². The minimum absolute atomic E-state index is 0.313. The highest BCUT2D eigenvalue weighted by molar-refractivity contribution is 6.28. The molecule has 0 bridgehead atoms. The monoisotopic (exact) mass is 292 g/mol. The van der Waals surface area contributed by atoms with Crippen LogP contribution >= 0.6 is 11.6 Å². The summed E-state index contributed by atoms with van der Waals surface area (Å²) in [5.74, 6) is -1.59. The van der Waals surface area contributed by atoms with Gasteiger partial charge in [-0.3, -0.25) is 0 Å². The fourth-order valence-electron chi connectivity index (χ4n) is 1.36. The van der Waals surface area contributed by atoms with E-state index in [0.717, 1.165) is 0 Å². The van der Waals surface area contributed by atoms with Crippen LogP contribution in [0, 0.1) is 5.82 Å². The van der Waals surface area contributed by atoms with Gasteiger partial charge in [-0.1, -0.05) is 0 Å². The Labute approximate surface area is 109 Å². The van der Waals surface area contributed by atoms with E-state index < -0.39 is 23.1 Å². The van der Waals surface area contributed by atoms with E-state index in [-0.39, 0.29) is 17.1 Å². The van der Waals surface area contributed by atoms with Crippen molar-refractivity contribution in [2.75, 3.05) is 5.73 Å². The number of hydrogen-bond donors (Lipinski definition) is 1. The summed E-state index contributed by atoms with van der Waals surface area (Å²) < 4.78 is 51.2. The van der Waals surface area contributed by atoms with E-state index in [1.54, 1.807) is 0 Å². The Kier molecular flexibility index (Phi) is 3.27. The molecule has 0 amide bonds. The molecule has 0 radical (unpaired) electrons. The molecular formula is C10H5ClF4N4. The molecule has 2 N–H and O–H groups in total. The summed E-state index contributed by atoms with van der Waals surface area (Å²) in [6.07, 6.45) is -4.61. The number of nitrogen functional groups attached to an aromatic ring is 1. The maximum atomic E-state index is 13.6. The van der Waals surface area contributed by atoms with Crippen molar-refractivity contribution >= 4 is 17.5 Å². The Bertz CT molecular complexity index is 609. The van der Waals surface area contributed by atoms with Gasteiger partial charge in [-0.05, 0) is 29.8 Å². The van der Waals surface area contributed by atoms with Crippen LogP contribution in [0.1, 0.15) is 5.56 Å². The second kappa shape index (κ2) is 4.61. The molecule has 0 fully saturated rings. The molecule has 0 saturated carbocycles. The van der Waals surface area contributed by atoms with Crippen LogP contribution < -0.4 is 5.73 Å². The second-order valence-corrected chi connectivity index (χ2v) is 3.82. The lowest BCUT2D eigenvalue weighted by Gasteiger charge is -2.09. The van der Waals surface area contributed by atoms with Crippen LogP contribution in [0.2, 0.25) is 5.28 Å². The minimum atomic E-state index is -4.61. The van der Waals surface area contributed by atoms with Gasteiger partial charge in [0.15, 0.2) is 5.82 Å². The normalized spacial score (nSPS) is 11.6. The summed E-state index contributed by atoms with van der Waals surface area (Å²) in [7, 11) is 0.